The van der Waals surface area contributed by atoms with E-state index in [1.165, 1.54) is 12.1 Å². The highest BCUT2D eigenvalue weighted by Gasteiger charge is 2.19. The molecule has 0 aliphatic carbocycles. The number of carbonyl (C=O) groups excluding carboxylic acids is 2. The number of benzene rings is 2. The molecule has 0 radical (unpaired) electrons. The number of carbonyl (C=O) groups is 2. The van der Waals surface area contributed by atoms with Gasteiger partial charge in [0.2, 0.25) is 0 Å². The summed E-state index contributed by atoms with van der Waals surface area (Å²) in [4.78, 5) is 25.6. The van der Waals surface area contributed by atoms with Crippen LogP contribution in [0.4, 0.5) is 11.4 Å². The second kappa shape index (κ2) is 9.26. The third-order valence-electron chi connectivity index (χ3n) is 4.91. The van der Waals surface area contributed by atoms with Crippen LogP contribution in [-0.2, 0) is 6.54 Å². The summed E-state index contributed by atoms with van der Waals surface area (Å²) in [5.74, 6) is -0.958. The van der Waals surface area contributed by atoms with Gasteiger partial charge in [0.15, 0.2) is 0 Å². The van der Waals surface area contributed by atoms with Crippen molar-refractivity contribution in [2.24, 2.45) is 0 Å². The molecule has 3 aromatic rings. The van der Waals surface area contributed by atoms with Crippen LogP contribution in [0.3, 0.4) is 0 Å². The SMILES string of the molecule is CCCCn1nc(C)c(NC(=O)c2ccccc2NC(=O)c2ccccc2O)c1C. The maximum Gasteiger partial charge on any atom is 0.259 e. The minimum atomic E-state index is -0.493. The maximum atomic E-state index is 13.0. The van der Waals surface area contributed by atoms with Crippen molar-refractivity contribution in [3.8, 4) is 5.75 Å². The highest BCUT2D eigenvalue weighted by molar-refractivity contribution is 6.13. The first-order valence-corrected chi connectivity index (χ1v) is 9.96. The predicted molar refractivity (Wildman–Crippen MR) is 117 cm³/mol. The average molecular weight is 406 g/mol. The van der Waals surface area contributed by atoms with E-state index in [0.29, 0.717) is 16.9 Å². The molecule has 1 heterocycles. The Labute approximate surface area is 175 Å². The number of aromatic nitrogens is 2. The van der Waals surface area contributed by atoms with Gasteiger partial charge in [0.1, 0.15) is 5.75 Å². The highest BCUT2D eigenvalue weighted by Crippen LogP contribution is 2.24. The Hall–Kier alpha value is -3.61. The maximum absolute atomic E-state index is 13.0. The van der Waals surface area contributed by atoms with Gasteiger partial charge in [0.05, 0.1) is 33.9 Å². The van der Waals surface area contributed by atoms with Gasteiger partial charge in [-0.15, -0.1) is 0 Å². The first-order valence-electron chi connectivity index (χ1n) is 9.96. The zero-order valence-electron chi connectivity index (χ0n) is 17.4. The normalized spacial score (nSPS) is 10.6. The van der Waals surface area contributed by atoms with Crippen LogP contribution in [0.5, 0.6) is 5.75 Å². The zero-order valence-corrected chi connectivity index (χ0v) is 17.4. The van der Waals surface area contributed by atoms with E-state index in [0.717, 1.165) is 30.8 Å². The van der Waals surface area contributed by atoms with Gasteiger partial charge in [-0.2, -0.15) is 5.10 Å². The van der Waals surface area contributed by atoms with Crippen molar-refractivity contribution in [1.82, 2.24) is 9.78 Å². The molecule has 3 N–H and O–H groups in total. The molecule has 3 rings (SSSR count). The summed E-state index contributed by atoms with van der Waals surface area (Å²) in [6.07, 6.45) is 2.07. The molecule has 0 aliphatic heterocycles. The van der Waals surface area contributed by atoms with Crippen LogP contribution in [-0.4, -0.2) is 26.7 Å². The van der Waals surface area contributed by atoms with Gasteiger partial charge < -0.3 is 15.7 Å². The fourth-order valence-corrected chi connectivity index (χ4v) is 3.23. The quantitative estimate of drug-likeness (QED) is 0.538. The molecule has 156 valence electrons. The predicted octanol–water partition coefficient (Wildman–Crippen LogP) is 4.51. The third-order valence-corrected chi connectivity index (χ3v) is 4.91. The number of para-hydroxylation sites is 2. The summed E-state index contributed by atoms with van der Waals surface area (Å²) >= 11 is 0. The number of anilines is 2. The van der Waals surface area contributed by atoms with Crippen LogP contribution in [0.25, 0.3) is 0 Å². The highest BCUT2D eigenvalue weighted by atomic mass is 16.3. The Morgan fingerprint density at radius 1 is 0.967 bits per heavy atom. The number of hydrogen-bond donors (Lipinski definition) is 3. The fourth-order valence-electron chi connectivity index (χ4n) is 3.23. The van der Waals surface area contributed by atoms with Gasteiger partial charge in [0.25, 0.3) is 11.8 Å². The van der Waals surface area contributed by atoms with Gasteiger partial charge in [0, 0.05) is 6.54 Å². The average Bonchev–Trinajstić information content (AvgIpc) is 3.00. The van der Waals surface area contributed by atoms with E-state index in [-0.39, 0.29) is 17.2 Å². The van der Waals surface area contributed by atoms with E-state index < -0.39 is 5.91 Å². The van der Waals surface area contributed by atoms with E-state index in [2.05, 4.69) is 22.7 Å². The van der Waals surface area contributed by atoms with E-state index >= 15 is 0 Å². The number of amides is 2. The molecular formula is C23H26N4O3. The Bertz CT molecular complexity index is 1070. The first-order chi connectivity index (χ1) is 14.4. The minimum absolute atomic E-state index is 0.123. The lowest BCUT2D eigenvalue weighted by molar-refractivity contribution is 0.102. The monoisotopic (exact) mass is 406 g/mol. The van der Waals surface area contributed by atoms with Crippen LogP contribution < -0.4 is 10.6 Å². The number of aryl methyl sites for hydroxylation is 2. The first kappa shape index (κ1) is 21.1. The van der Waals surface area contributed by atoms with Gasteiger partial charge in [-0.05, 0) is 44.5 Å². The van der Waals surface area contributed by atoms with Crippen molar-refractivity contribution in [2.45, 2.75) is 40.2 Å². The van der Waals surface area contributed by atoms with Crippen molar-refractivity contribution in [3.63, 3.8) is 0 Å². The molecule has 2 aromatic carbocycles. The summed E-state index contributed by atoms with van der Waals surface area (Å²) in [5.41, 5.74) is 3.13. The molecule has 0 saturated heterocycles. The molecule has 2 amide bonds. The number of nitrogens with zero attached hydrogens (tertiary/aromatic N) is 2. The summed E-state index contributed by atoms with van der Waals surface area (Å²) in [5, 5.41) is 20.1. The van der Waals surface area contributed by atoms with Gasteiger partial charge in [-0.25, -0.2) is 0 Å². The molecular weight excluding hydrogens is 380 g/mol. The third kappa shape index (κ3) is 4.51. The molecule has 0 unspecified atom stereocenters. The molecule has 0 bridgehead atoms. The molecule has 0 atom stereocenters. The number of phenols is 1. The lowest BCUT2D eigenvalue weighted by Crippen LogP contribution is -2.19. The number of hydrogen-bond acceptors (Lipinski definition) is 4. The Morgan fingerprint density at radius 3 is 2.30 bits per heavy atom. The number of phenolic OH excluding ortho intramolecular Hbond substituents is 1. The lowest BCUT2D eigenvalue weighted by Gasteiger charge is -2.12. The molecule has 7 heteroatoms. The molecule has 1 aromatic heterocycles. The Balaban J connectivity index is 1.82. The molecule has 0 aliphatic rings. The van der Waals surface area contributed by atoms with E-state index in [4.69, 9.17) is 0 Å². The summed E-state index contributed by atoms with van der Waals surface area (Å²) in [6, 6.07) is 13.0. The molecule has 7 nitrogen and oxygen atoms in total. The summed E-state index contributed by atoms with van der Waals surface area (Å²) < 4.78 is 1.90. The van der Waals surface area contributed by atoms with Crippen LogP contribution in [0.15, 0.2) is 48.5 Å². The van der Waals surface area contributed by atoms with E-state index in [1.807, 2.05) is 18.5 Å². The van der Waals surface area contributed by atoms with E-state index in [1.54, 1.807) is 36.4 Å². The second-order valence-corrected chi connectivity index (χ2v) is 7.09. The number of aromatic hydroxyl groups is 1. The molecule has 30 heavy (non-hydrogen) atoms. The second-order valence-electron chi connectivity index (χ2n) is 7.09. The fraction of sp³-hybridized carbons (Fsp3) is 0.261. The summed E-state index contributed by atoms with van der Waals surface area (Å²) in [6.45, 7) is 6.70. The molecule has 0 saturated carbocycles. The van der Waals surface area contributed by atoms with Crippen LogP contribution in [0, 0.1) is 13.8 Å². The number of rotatable bonds is 7. The lowest BCUT2D eigenvalue weighted by atomic mass is 10.1. The number of nitrogens with one attached hydrogen (secondary N) is 2. The van der Waals surface area contributed by atoms with Crippen LogP contribution >= 0.6 is 0 Å². The molecule has 0 spiro atoms. The molecule has 0 fully saturated rings. The standard InChI is InChI=1S/C23H26N4O3/c1-4-5-14-27-16(3)21(15(2)26-27)25-22(29)17-10-6-8-12-19(17)24-23(30)18-11-7-9-13-20(18)28/h6-13,28H,4-5,14H2,1-3H3,(H,24,30)(H,25,29). The van der Waals surface area contributed by atoms with Gasteiger partial charge >= 0.3 is 0 Å². The zero-order chi connectivity index (χ0) is 21.7. The van der Waals surface area contributed by atoms with Gasteiger partial charge in [-0.1, -0.05) is 37.6 Å². The van der Waals surface area contributed by atoms with E-state index in [9.17, 15) is 14.7 Å². The Morgan fingerprint density at radius 2 is 1.60 bits per heavy atom. The van der Waals surface area contributed by atoms with Gasteiger partial charge in [-0.3, -0.25) is 14.3 Å². The van der Waals surface area contributed by atoms with Crippen molar-refractivity contribution >= 4 is 23.2 Å². The van der Waals surface area contributed by atoms with Crippen molar-refractivity contribution in [1.29, 1.82) is 0 Å². The smallest absolute Gasteiger partial charge is 0.259 e. The summed E-state index contributed by atoms with van der Waals surface area (Å²) in [7, 11) is 0. The van der Waals surface area contributed by atoms with Crippen LogP contribution in [0.1, 0.15) is 51.9 Å². The van der Waals surface area contributed by atoms with Crippen molar-refractivity contribution in [3.05, 3.63) is 71.0 Å². The number of unbranched alkanes of at least 4 members (excludes halogenated alkanes) is 1. The minimum Gasteiger partial charge on any atom is -0.507 e. The van der Waals surface area contributed by atoms with Crippen LogP contribution in [0.2, 0.25) is 0 Å². The largest absolute Gasteiger partial charge is 0.507 e. The van der Waals surface area contributed by atoms with Crippen molar-refractivity contribution < 1.29 is 14.7 Å². The topological polar surface area (TPSA) is 96.3 Å². The Kier molecular flexibility index (Phi) is 6.51. The van der Waals surface area contributed by atoms with Crippen molar-refractivity contribution in [2.75, 3.05) is 10.6 Å².